The Morgan fingerprint density at radius 2 is 1.62 bits per heavy atom. The standard InChI is InChI=1S/C21H24N2O5S/c1-2-20(24)16-5-9-18(10-6-16)28-15-21(25)22-17-7-11-19(12-8-17)29(26,27)23-13-3-4-14-23/h5-12H,2-4,13-15H2,1H3,(H,22,25). The summed E-state index contributed by atoms with van der Waals surface area (Å²) in [6.45, 7) is 2.69. The van der Waals surface area contributed by atoms with Crippen LogP contribution in [0, 0.1) is 0 Å². The van der Waals surface area contributed by atoms with Crippen LogP contribution in [0.2, 0.25) is 0 Å². The largest absolute Gasteiger partial charge is 0.484 e. The lowest BCUT2D eigenvalue weighted by Gasteiger charge is -2.15. The molecule has 3 rings (SSSR count). The van der Waals surface area contributed by atoms with Crippen LogP contribution in [-0.4, -0.2) is 44.1 Å². The van der Waals surface area contributed by atoms with Gasteiger partial charge in [-0.2, -0.15) is 4.31 Å². The number of ketones is 1. The minimum Gasteiger partial charge on any atom is -0.484 e. The van der Waals surface area contributed by atoms with E-state index in [0.29, 0.717) is 36.5 Å². The highest BCUT2D eigenvalue weighted by atomic mass is 32.2. The van der Waals surface area contributed by atoms with Crippen molar-refractivity contribution in [3.63, 3.8) is 0 Å². The van der Waals surface area contributed by atoms with Crippen molar-refractivity contribution >= 4 is 27.4 Å². The van der Waals surface area contributed by atoms with Crippen molar-refractivity contribution in [1.82, 2.24) is 4.31 Å². The highest BCUT2D eigenvalue weighted by molar-refractivity contribution is 7.89. The number of benzene rings is 2. The molecule has 0 atom stereocenters. The van der Waals surface area contributed by atoms with Gasteiger partial charge < -0.3 is 10.1 Å². The molecule has 8 heteroatoms. The summed E-state index contributed by atoms with van der Waals surface area (Å²) in [4.78, 5) is 23.9. The van der Waals surface area contributed by atoms with Crippen LogP contribution in [0.15, 0.2) is 53.4 Å². The molecule has 0 radical (unpaired) electrons. The van der Waals surface area contributed by atoms with E-state index in [1.807, 2.05) is 0 Å². The number of rotatable bonds is 8. The van der Waals surface area contributed by atoms with E-state index in [2.05, 4.69) is 5.32 Å². The average molecular weight is 416 g/mol. The number of ether oxygens (including phenoxy) is 1. The Bertz CT molecular complexity index is 963. The summed E-state index contributed by atoms with van der Waals surface area (Å²) in [5.41, 5.74) is 1.09. The van der Waals surface area contributed by atoms with Gasteiger partial charge in [-0.05, 0) is 61.4 Å². The van der Waals surface area contributed by atoms with Gasteiger partial charge in [0.15, 0.2) is 12.4 Å². The Hall–Kier alpha value is -2.71. The van der Waals surface area contributed by atoms with Crippen molar-refractivity contribution in [3.05, 3.63) is 54.1 Å². The molecule has 0 bridgehead atoms. The first-order valence-electron chi connectivity index (χ1n) is 9.56. The van der Waals surface area contributed by atoms with Gasteiger partial charge in [-0.3, -0.25) is 9.59 Å². The Morgan fingerprint density at radius 3 is 2.21 bits per heavy atom. The molecule has 1 heterocycles. The molecule has 29 heavy (non-hydrogen) atoms. The Kier molecular flexibility index (Phi) is 6.66. The smallest absolute Gasteiger partial charge is 0.262 e. The zero-order valence-corrected chi connectivity index (χ0v) is 17.1. The van der Waals surface area contributed by atoms with E-state index in [4.69, 9.17) is 4.74 Å². The van der Waals surface area contributed by atoms with Crippen LogP contribution in [-0.2, 0) is 14.8 Å². The molecule has 0 aromatic heterocycles. The molecule has 0 spiro atoms. The molecule has 154 valence electrons. The van der Waals surface area contributed by atoms with E-state index >= 15 is 0 Å². The highest BCUT2D eigenvalue weighted by Gasteiger charge is 2.26. The molecule has 2 aromatic carbocycles. The zero-order valence-electron chi connectivity index (χ0n) is 16.3. The van der Waals surface area contributed by atoms with Crippen molar-refractivity contribution in [3.8, 4) is 5.75 Å². The van der Waals surface area contributed by atoms with E-state index < -0.39 is 10.0 Å². The van der Waals surface area contributed by atoms with Gasteiger partial charge in [-0.1, -0.05) is 6.92 Å². The summed E-state index contributed by atoms with van der Waals surface area (Å²) in [7, 11) is -3.47. The van der Waals surface area contributed by atoms with Gasteiger partial charge in [0.25, 0.3) is 5.91 Å². The van der Waals surface area contributed by atoms with E-state index in [-0.39, 0.29) is 23.2 Å². The number of carbonyl (C=O) groups excluding carboxylic acids is 2. The SMILES string of the molecule is CCC(=O)c1ccc(OCC(=O)Nc2ccc(S(=O)(=O)N3CCCC3)cc2)cc1. The highest BCUT2D eigenvalue weighted by Crippen LogP contribution is 2.22. The summed E-state index contributed by atoms with van der Waals surface area (Å²) in [5, 5.41) is 2.67. The Balaban J connectivity index is 1.53. The third kappa shape index (κ3) is 5.21. The van der Waals surface area contributed by atoms with Crippen LogP contribution in [0.5, 0.6) is 5.75 Å². The molecular weight excluding hydrogens is 392 g/mol. The lowest BCUT2D eigenvalue weighted by molar-refractivity contribution is -0.118. The van der Waals surface area contributed by atoms with Crippen molar-refractivity contribution < 1.29 is 22.7 Å². The molecule has 1 saturated heterocycles. The lowest BCUT2D eigenvalue weighted by atomic mass is 10.1. The molecule has 1 aliphatic heterocycles. The number of hydrogen-bond acceptors (Lipinski definition) is 5. The van der Waals surface area contributed by atoms with Gasteiger partial charge >= 0.3 is 0 Å². The maximum Gasteiger partial charge on any atom is 0.262 e. The number of amides is 1. The number of carbonyl (C=O) groups is 2. The van der Waals surface area contributed by atoms with Crippen molar-refractivity contribution in [2.24, 2.45) is 0 Å². The normalized spacial score (nSPS) is 14.5. The van der Waals surface area contributed by atoms with E-state index in [0.717, 1.165) is 12.8 Å². The first-order valence-corrected chi connectivity index (χ1v) is 11.0. The van der Waals surface area contributed by atoms with Crippen molar-refractivity contribution in [2.45, 2.75) is 31.1 Å². The van der Waals surface area contributed by atoms with Gasteiger partial charge in [0, 0.05) is 30.8 Å². The third-order valence-corrected chi connectivity index (χ3v) is 6.62. The number of hydrogen-bond donors (Lipinski definition) is 1. The summed E-state index contributed by atoms with van der Waals surface area (Å²) >= 11 is 0. The van der Waals surface area contributed by atoms with Gasteiger partial charge in [0.05, 0.1) is 4.90 Å². The van der Waals surface area contributed by atoms with Crippen molar-refractivity contribution in [2.75, 3.05) is 25.0 Å². The third-order valence-electron chi connectivity index (χ3n) is 4.71. The van der Waals surface area contributed by atoms with E-state index in [1.54, 1.807) is 43.3 Å². The van der Waals surface area contributed by atoms with Crippen LogP contribution in [0.25, 0.3) is 0 Å². The van der Waals surface area contributed by atoms with Crippen LogP contribution >= 0.6 is 0 Å². The fourth-order valence-corrected chi connectivity index (χ4v) is 4.59. The predicted molar refractivity (Wildman–Crippen MR) is 110 cm³/mol. The number of anilines is 1. The monoisotopic (exact) mass is 416 g/mol. The minimum atomic E-state index is -3.47. The molecule has 0 unspecified atom stereocenters. The summed E-state index contributed by atoms with van der Waals surface area (Å²) in [6, 6.07) is 12.7. The van der Waals surface area contributed by atoms with Gasteiger partial charge in [-0.15, -0.1) is 0 Å². The first kappa shape index (κ1) is 21.0. The topological polar surface area (TPSA) is 92.8 Å². The van der Waals surface area contributed by atoms with Gasteiger partial charge in [0.2, 0.25) is 10.0 Å². The lowest BCUT2D eigenvalue weighted by Crippen LogP contribution is -2.27. The van der Waals surface area contributed by atoms with Crippen LogP contribution in [0.4, 0.5) is 5.69 Å². The summed E-state index contributed by atoms with van der Waals surface area (Å²) in [6.07, 6.45) is 2.19. The molecular formula is C21H24N2O5S. The van der Waals surface area contributed by atoms with Gasteiger partial charge in [-0.25, -0.2) is 8.42 Å². The molecule has 1 N–H and O–H groups in total. The van der Waals surface area contributed by atoms with Crippen molar-refractivity contribution in [1.29, 1.82) is 0 Å². The first-order chi connectivity index (χ1) is 13.9. The second-order valence-corrected chi connectivity index (χ2v) is 8.71. The Labute approximate surface area is 170 Å². The van der Waals surface area contributed by atoms with Crippen LogP contribution in [0.3, 0.4) is 0 Å². The van der Waals surface area contributed by atoms with E-state index in [9.17, 15) is 18.0 Å². The molecule has 1 fully saturated rings. The summed E-state index contributed by atoms with van der Waals surface area (Å²) < 4.78 is 31.9. The molecule has 0 aliphatic carbocycles. The second-order valence-electron chi connectivity index (χ2n) is 6.77. The average Bonchev–Trinajstić information content (AvgIpc) is 3.28. The van der Waals surface area contributed by atoms with E-state index in [1.165, 1.54) is 16.4 Å². The maximum absolute atomic E-state index is 12.5. The fourth-order valence-electron chi connectivity index (χ4n) is 3.07. The quantitative estimate of drug-likeness (QED) is 0.668. The number of sulfonamides is 1. The van der Waals surface area contributed by atoms with Gasteiger partial charge in [0.1, 0.15) is 5.75 Å². The number of nitrogens with zero attached hydrogens (tertiary/aromatic N) is 1. The molecule has 7 nitrogen and oxygen atoms in total. The predicted octanol–water partition coefficient (Wildman–Crippen LogP) is 3.08. The molecule has 2 aromatic rings. The molecule has 1 amide bonds. The second kappa shape index (κ2) is 9.19. The molecule has 1 aliphatic rings. The zero-order chi connectivity index (χ0) is 20.9. The maximum atomic E-state index is 12.5. The van der Waals surface area contributed by atoms with Crippen LogP contribution < -0.4 is 10.1 Å². The van der Waals surface area contributed by atoms with Crippen LogP contribution in [0.1, 0.15) is 36.5 Å². The minimum absolute atomic E-state index is 0.0458. The number of Topliss-reactive ketones (excluding diaryl/α,β-unsaturated/α-hetero) is 1. The Morgan fingerprint density at radius 1 is 1.00 bits per heavy atom. The summed E-state index contributed by atoms with van der Waals surface area (Å²) in [5.74, 6) is 0.165. The fraction of sp³-hybridized carbons (Fsp3) is 0.333. The molecule has 0 saturated carbocycles. The number of nitrogens with one attached hydrogen (secondary N) is 1.